The van der Waals surface area contributed by atoms with Crippen molar-refractivity contribution in [3.63, 3.8) is 0 Å². The highest BCUT2D eigenvalue weighted by atomic mass is 16.1. The van der Waals surface area contributed by atoms with Gasteiger partial charge in [0.05, 0.1) is 27.1 Å². The van der Waals surface area contributed by atoms with Crippen LogP contribution in [0, 0.1) is 28.7 Å². The van der Waals surface area contributed by atoms with Gasteiger partial charge in [-0.2, -0.15) is 5.26 Å². The zero-order valence-electron chi connectivity index (χ0n) is 19.4. The standard InChI is InChI=1S/C27H18N6O4/c1-13-16(12-28)26(29)31-27(30-14-6-3-2-4-7-14)23(13)33-32-17-9-5-8-15-20(17)25(37)22-19(35)11-10-18(34)21(22)24(15)36/h2-11,32-33H,1H3,(H3,29,30,31). The Balaban J connectivity index is 1.67. The minimum absolute atomic E-state index is 0.000462. The number of benzene rings is 2. The highest BCUT2D eigenvalue weighted by Crippen LogP contribution is 2.32. The number of rotatable bonds is 5. The zero-order chi connectivity index (χ0) is 26.3. The van der Waals surface area contributed by atoms with Crippen LogP contribution in [0.5, 0.6) is 0 Å². The summed E-state index contributed by atoms with van der Waals surface area (Å²) in [6.45, 7) is 1.68. The molecule has 2 aliphatic rings. The van der Waals surface area contributed by atoms with E-state index in [0.29, 0.717) is 22.8 Å². The largest absolute Gasteiger partial charge is 0.383 e. The third-order valence-electron chi connectivity index (χ3n) is 6.06. The Bertz CT molecular complexity index is 2030. The lowest BCUT2D eigenvalue weighted by Crippen LogP contribution is -2.28. The van der Waals surface area contributed by atoms with Crippen molar-refractivity contribution in [3.05, 3.63) is 123 Å². The quantitative estimate of drug-likeness (QED) is 0.268. The fourth-order valence-electron chi connectivity index (χ4n) is 4.26. The van der Waals surface area contributed by atoms with Gasteiger partial charge in [0.2, 0.25) is 5.43 Å². The molecule has 1 aromatic heterocycles. The Labute approximate surface area is 208 Å². The van der Waals surface area contributed by atoms with Crippen LogP contribution >= 0.6 is 0 Å². The van der Waals surface area contributed by atoms with Gasteiger partial charge in [-0.3, -0.25) is 30.0 Å². The van der Waals surface area contributed by atoms with Crippen LogP contribution in [0.2, 0.25) is 0 Å². The molecular weight excluding hydrogens is 472 g/mol. The number of nitrogens with one attached hydrogen (secondary N) is 3. The first-order valence-corrected chi connectivity index (χ1v) is 11.1. The summed E-state index contributed by atoms with van der Waals surface area (Å²) in [5.74, 6) is 0.345. The van der Waals surface area contributed by atoms with Gasteiger partial charge in [0, 0.05) is 11.1 Å². The highest BCUT2D eigenvalue weighted by Gasteiger charge is 2.18. The first-order chi connectivity index (χ1) is 17.8. The third kappa shape index (κ3) is 3.81. The Morgan fingerprint density at radius 3 is 2.19 bits per heavy atom. The summed E-state index contributed by atoms with van der Waals surface area (Å²) in [6.07, 6.45) is 0. The summed E-state index contributed by atoms with van der Waals surface area (Å²) in [4.78, 5) is 55.5. The molecule has 5 N–H and O–H groups in total. The molecule has 2 aromatic carbocycles. The van der Waals surface area contributed by atoms with Gasteiger partial charge < -0.3 is 11.1 Å². The van der Waals surface area contributed by atoms with E-state index in [4.69, 9.17) is 5.73 Å². The molecule has 0 unspecified atom stereocenters. The monoisotopic (exact) mass is 490 g/mol. The first kappa shape index (κ1) is 23.2. The minimum Gasteiger partial charge on any atom is -0.383 e. The first-order valence-electron chi connectivity index (χ1n) is 11.1. The van der Waals surface area contributed by atoms with Crippen molar-refractivity contribution in [2.45, 2.75) is 6.92 Å². The number of nitrogens with two attached hydrogens (primary N) is 1. The number of nitriles is 1. The van der Waals surface area contributed by atoms with Gasteiger partial charge in [0.25, 0.3) is 0 Å². The molecule has 1 heterocycles. The van der Waals surface area contributed by atoms with Crippen LogP contribution in [0.15, 0.2) is 79.8 Å². The van der Waals surface area contributed by atoms with Gasteiger partial charge in [-0.05, 0) is 42.8 Å². The van der Waals surface area contributed by atoms with E-state index in [1.165, 1.54) is 6.07 Å². The van der Waals surface area contributed by atoms with E-state index < -0.39 is 32.2 Å². The average molecular weight is 490 g/mol. The molecule has 37 heavy (non-hydrogen) atoms. The van der Waals surface area contributed by atoms with E-state index in [-0.39, 0.29) is 27.8 Å². The lowest BCUT2D eigenvalue weighted by atomic mass is 10.0. The van der Waals surface area contributed by atoms with Crippen molar-refractivity contribution in [2.75, 3.05) is 21.9 Å². The van der Waals surface area contributed by atoms with Crippen LogP contribution in [0.4, 0.5) is 28.7 Å². The summed E-state index contributed by atoms with van der Waals surface area (Å²) in [7, 11) is 0. The second-order valence-electron chi connectivity index (χ2n) is 8.27. The fourth-order valence-corrected chi connectivity index (χ4v) is 4.26. The van der Waals surface area contributed by atoms with Crippen LogP contribution < -0.4 is 43.6 Å². The van der Waals surface area contributed by atoms with E-state index in [9.17, 15) is 24.4 Å². The number of pyridine rings is 1. The summed E-state index contributed by atoms with van der Waals surface area (Å²) >= 11 is 0. The molecule has 0 fully saturated rings. The number of nitrogens with zero attached hydrogens (tertiary/aromatic N) is 2. The smallest absolute Gasteiger partial charge is 0.200 e. The predicted molar refractivity (Wildman–Crippen MR) is 142 cm³/mol. The lowest BCUT2D eigenvalue weighted by molar-refractivity contribution is 1.23. The molecule has 0 spiro atoms. The molecule has 10 nitrogen and oxygen atoms in total. The molecule has 3 aromatic rings. The van der Waals surface area contributed by atoms with Crippen molar-refractivity contribution in [1.82, 2.24) is 4.98 Å². The maximum Gasteiger partial charge on any atom is 0.200 e. The van der Waals surface area contributed by atoms with E-state index in [2.05, 4.69) is 21.2 Å². The molecule has 180 valence electrons. The van der Waals surface area contributed by atoms with Crippen LogP contribution in [0.3, 0.4) is 0 Å². The van der Waals surface area contributed by atoms with Crippen molar-refractivity contribution in [2.24, 2.45) is 0 Å². The molecule has 10 heteroatoms. The van der Waals surface area contributed by atoms with E-state index in [0.717, 1.165) is 12.1 Å². The van der Waals surface area contributed by atoms with Crippen LogP contribution in [0.1, 0.15) is 11.1 Å². The van der Waals surface area contributed by atoms with Gasteiger partial charge in [0.15, 0.2) is 22.1 Å². The van der Waals surface area contributed by atoms with Crippen LogP contribution in [-0.2, 0) is 0 Å². The zero-order valence-corrected chi connectivity index (χ0v) is 19.4. The van der Waals surface area contributed by atoms with Crippen molar-refractivity contribution in [1.29, 1.82) is 5.26 Å². The number of hydrazine groups is 1. The molecule has 0 bridgehead atoms. The van der Waals surface area contributed by atoms with Gasteiger partial charge in [-0.15, -0.1) is 0 Å². The molecule has 0 atom stereocenters. The summed E-state index contributed by atoms with van der Waals surface area (Å²) in [5, 5.41) is 11.8. The molecule has 0 radical (unpaired) electrons. The molecule has 0 saturated carbocycles. The Morgan fingerprint density at radius 1 is 0.838 bits per heavy atom. The molecule has 5 rings (SSSR count). The third-order valence-corrected chi connectivity index (χ3v) is 6.06. The number of aromatic nitrogens is 1. The van der Waals surface area contributed by atoms with E-state index in [1.54, 1.807) is 19.1 Å². The number of hydrogen-bond donors (Lipinski definition) is 4. The highest BCUT2D eigenvalue weighted by molar-refractivity contribution is 5.94. The van der Waals surface area contributed by atoms with Crippen LogP contribution in [-0.4, -0.2) is 4.98 Å². The normalized spacial score (nSPS) is 10.8. The number of nitrogen functional groups attached to an aromatic ring is 1. The van der Waals surface area contributed by atoms with Gasteiger partial charge >= 0.3 is 0 Å². The number of hydrogen-bond acceptors (Lipinski definition) is 10. The number of para-hydroxylation sites is 1. The van der Waals surface area contributed by atoms with E-state index >= 15 is 0 Å². The number of anilines is 5. The molecule has 0 aliphatic heterocycles. The SMILES string of the molecule is Cc1c(C#N)c(N)nc(Nc2ccccc2)c1NNc1cccc2c(=O)c3c(=O)ccc(=O)c=3c(=O)c12. The fraction of sp³-hybridized carbons (Fsp3) is 0.0370. The Hall–Kier alpha value is -5.56. The van der Waals surface area contributed by atoms with Crippen molar-refractivity contribution < 1.29 is 0 Å². The Morgan fingerprint density at radius 2 is 1.51 bits per heavy atom. The van der Waals surface area contributed by atoms with E-state index in [1.807, 2.05) is 36.4 Å². The summed E-state index contributed by atoms with van der Waals surface area (Å²) in [6, 6.07) is 17.7. The summed E-state index contributed by atoms with van der Waals surface area (Å²) < 4.78 is 0. The molecule has 0 saturated heterocycles. The average Bonchev–Trinajstić information content (AvgIpc) is 2.89. The molecule has 2 aliphatic carbocycles. The van der Waals surface area contributed by atoms with Gasteiger partial charge in [0.1, 0.15) is 17.6 Å². The van der Waals surface area contributed by atoms with Gasteiger partial charge in [-0.1, -0.05) is 30.3 Å². The molecule has 0 amide bonds. The van der Waals surface area contributed by atoms with Gasteiger partial charge in [-0.25, -0.2) is 4.98 Å². The second-order valence-corrected chi connectivity index (χ2v) is 8.27. The second kappa shape index (κ2) is 8.90. The topological polar surface area (TPSA) is 167 Å². The predicted octanol–water partition coefficient (Wildman–Crippen LogP) is 2.22. The Kier molecular flexibility index (Phi) is 5.58. The van der Waals surface area contributed by atoms with Crippen molar-refractivity contribution >= 4 is 39.5 Å². The maximum atomic E-state index is 13.3. The summed E-state index contributed by atoms with van der Waals surface area (Å²) in [5.41, 5.74) is 11.0. The maximum absolute atomic E-state index is 13.3. The molecular formula is C27H18N6O4. The lowest BCUT2D eigenvalue weighted by Gasteiger charge is -2.19. The minimum atomic E-state index is -0.732. The van der Waals surface area contributed by atoms with Crippen LogP contribution in [0.25, 0.3) is 10.8 Å². The number of fused-ring (bicyclic) bond motifs is 1. The van der Waals surface area contributed by atoms with Crippen molar-refractivity contribution in [3.8, 4) is 6.07 Å².